The van der Waals surface area contributed by atoms with Crippen molar-refractivity contribution < 1.29 is 128 Å². The molecule has 13 aromatic rings. The largest absolute Gasteiger partial charge is 0.478 e. The SMILES string of the molecule is C.C.C.C.C.CS(=O)(=O)Cc1ccccc1C(=O)O.Cc1ccc(S(=O)(=O)Cc2ccccc2C(=O)O)cc1.O=C(O)c1cccc(CS(=O)(=O)CCc2ccccc2)c1.O=C(O)c1cccc(CS(=O)(=O)Cc2ccccc2)c1.O=C(O)c1ccccc1CS(=O)(=O)CCc1ccccc1.O=C(O)c1ccccc1CS(=O)(=O)Cc1ccccc1.O=C(O)c1ccccc1CS(=O)(=O)c1ccccc1. The lowest BCUT2D eigenvalue weighted by molar-refractivity contribution is 0.0685. The number of aryl methyl sites for hydroxylation is 3. The molecule has 0 amide bonds. The first-order chi connectivity index (χ1) is 63.7. The molecule has 0 aliphatic carbocycles. The molecule has 0 fully saturated rings. The molecule has 0 bridgehead atoms. The lowest BCUT2D eigenvalue weighted by Crippen LogP contribution is -2.14. The third kappa shape index (κ3) is 43.2. The first kappa shape index (κ1) is 122. The maximum Gasteiger partial charge on any atom is 0.335 e. The van der Waals surface area contributed by atoms with Crippen LogP contribution in [-0.2, 0) is 133 Å². The van der Waals surface area contributed by atoms with Crippen LogP contribution in [0.5, 0.6) is 0 Å². The van der Waals surface area contributed by atoms with Crippen LogP contribution in [0.25, 0.3) is 0 Å². The molecule has 13 aromatic carbocycles. The summed E-state index contributed by atoms with van der Waals surface area (Å²) in [7, 11) is -23.6. The van der Waals surface area contributed by atoms with Gasteiger partial charge in [0.15, 0.2) is 68.9 Å². The molecule has 7 N–H and O–H groups in total. The highest BCUT2D eigenvalue weighted by Crippen LogP contribution is 2.25. The van der Waals surface area contributed by atoms with Gasteiger partial charge in [-0.1, -0.05) is 310 Å². The van der Waals surface area contributed by atoms with E-state index in [1.165, 1.54) is 103 Å². The van der Waals surface area contributed by atoms with Crippen molar-refractivity contribution in [2.75, 3.05) is 17.8 Å². The summed E-state index contributed by atoms with van der Waals surface area (Å²) in [6.45, 7) is 1.87. The van der Waals surface area contributed by atoms with Gasteiger partial charge in [0.25, 0.3) is 0 Å². The monoisotopic (exact) mass is 2050 g/mol. The molecule has 13 rings (SSSR count). The summed E-state index contributed by atoms with van der Waals surface area (Å²) in [5.74, 6) is -9.50. The fourth-order valence-corrected chi connectivity index (χ4v) is 22.2. The van der Waals surface area contributed by atoms with Crippen LogP contribution in [-0.4, -0.2) is 154 Å². The Balaban J connectivity index is 0.000000550. The van der Waals surface area contributed by atoms with Gasteiger partial charge in [-0.25, -0.2) is 92.5 Å². The Morgan fingerprint density at radius 3 is 0.729 bits per heavy atom. The van der Waals surface area contributed by atoms with Crippen molar-refractivity contribution in [2.45, 2.75) is 118 Å². The van der Waals surface area contributed by atoms with E-state index in [9.17, 15) is 92.5 Å². The van der Waals surface area contributed by atoms with Gasteiger partial charge in [-0.2, -0.15) is 0 Å². The van der Waals surface area contributed by atoms with E-state index in [0.717, 1.165) is 28.5 Å². The lowest BCUT2D eigenvalue weighted by Gasteiger charge is -2.07. The molecule has 0 aliphatic heterocycles. The third-order valence-corrected chi connectivity index (χ3v) is 29.7. The number of carbonyl (C=O) groups is 7. The first-order valence-electron chi connectivity index (χ1n) is 40.6. The van der Waals surface area contributed by atoms with E-state index in [0.29, 0.717) is 57.3 Å². The van der Waals surface area contributed by atoms with Crippen molar-refractivity contribution in [3.05, 3.63) is 451 Å². The summed E-state index contributed by atoms with van der Waals surface area (Å²) in [6.07, 6.45) is 1.96. The fraction of sp³-hybridized carbons (Fsp3) is 0.190. The second-order valence-corrected chi connectivity index (χ2v) is 44.8. The van der Waals surface area contributed by atoms with Crippen LogP contribution in [0.15, 0.2) is 356 Å². The molecule has 28 nitrogen and oxygen atoms in total. The van der Waals surface area contributed by atoms with Gasteiger partial charge in [-0.05, 0) is 160 Å². The number of hydrogen-bond donors (Lipinski definition) is 7. The highest BCUT2D eigenvalue weighted by molar-refractivity contribution is 7.92. The van der Waals surface area contributed by atoms with Crippen molar-refractivity contribution in [2.24, 2.45) is 0 Å². The number of benzene rings is 13. The number of carboxylic acid groups (broad SMARTS) is 7. The molecule has 0 spiro atoms. The summed E-state index contributed by atoms with van der Waals surface area (Å²) in [4.78, 5) is 77.1. The van der Waals surface area contributed by atoms with Gasteiger partial charge in [0, 0.05) is 6.26 Å². The van der Waals surface area contributed by atoms with E-state index >= 15 is 0 Å². The van der Waals surface area contributed by atoms with Crippen LogP contribution >= 0.6 is 0 Å². The summed E-state index contributed by atoms with van der Waals surface area (Å²) < 4.78 is 168. The predicted octanol–water partition coefficient (Wildman–Crippen LogP) is 19.2. The van der Waals surface area contributed by atoms with Crippen LogP contribution in [0.2, 0.25) is 0 Å². The molecule has 140 heavy (non-hydrogen) atoms. The van der Waals surface area contributed by atoms with E-state index in [1.807, 2.05) is 79.7 Å². The number of carboxylic acids is 7. The van der Waals surface area contributed by atoms with Gasteiger partial charge >= 0.3 is 41.8 Å². The number of aromatic carboxylic acids is 7. The van der Waals surface area contributed by atoms with Crippen LogP contribution in [0.1, 0.15) is 176 Å². The highest BCUT2D eigenvalue weighted by atomic mass is 32.2. The van der Waals surface area contributed by atoms with Gasteiger partial charge in [0.2, 0.25) is 0 Å². The second-order valence-electron chi connectivity index (χ2n) is 30.2. The molecule has 0 heterocycles. The Kier molecular flexibility index (Phi) is 50.4. The Morgan fingerprint density at radius 1 is 0.214 bits per heavy atom. The average Bonchev–Trinajstić information content (AvgIpc) is 0.828. The topological polar surface area (TPSA) is 500 Å². The van der Waals surface area contributed by atoms with Crippen molar-refractivity contribution in [1.82, 2.24) is 0 Å². The lowest BCUT2D eigenvalue weighted by atomic mass is 10.1. The predicted molar refractivity (Wildman–Crippen MR) is 546 cm³/mol. The molecule has 0 saturated carbocycles. The molecule has 0 unspecified atom stereocenters. The molecule has 746 valence electrons. The fourth-order valence-electron chi connectivity index (χ4n) is 12.8. The molecule has 0 aromatic heterocycles. The van der Waals surface area contributed by atoms with Gasteiger partial charge in [0.05, 0.1) is 112 Å². The molecule has 0 saturated heterocycles. The summed E-state index contributed by atoms with van der Waals surface area (Å²) >= 11 is 0. The highest BCUT2D eigenvalue weighted by Gasteiger charge is 2.25. The zero-order valence-corrected chi connectivity index (χ0v) is 78.4. The van der Waals surface area contributed by atoms with Gasteiger partial charge < -0.3 is 35.7 Å². The molecule has 0 radical (unpaired) electrons. The molecular formula is C105H116O28S7. The Bertz CT molecular complexity index is 7120. The van der Waals surface area contributed by atoms with Gasteiger partial charge in [-0.3, -0.25) is 0 Å². The minimum atomic E-state index is -3.55. The summed E-state index contributed by atoms with van der Waals surface area (Å²) in [5.41, 5.74) is 7.20. The van der Waals surface area contributed by atoms with E-state index in [-0.39, 0.29) is 149 Å². The second kappa shape index (κ2) is 57.9. The van der Waals surface area contributed by atoms with Crippen LogP contribution < -0.4 is 0 Å². The van der Waals surface area contributed by atoms with Gasteiger partial charge in [0.1, 0.15) is 0 Å². The van der Waals surface area contributed by atoms with E-state index in [1.54, 1.807) is 170 Å². The zero-order chi connectivity index (χ0) is 99.2. The maximum atomic E-state index is 12.3. The first-order valence-corrected chi connectivity index (χ1v) is 53.3. The standard InChI is InChI=1S/2C16H16O4S.3C15H14O4S.C14H12O4S.C9H10O4S.5CH4/c17-16(18)15-9-5-4-8-14(15)12-21(19,20)11-10-13-6-2-1-3-7-13;17-16(18)15-8-4-7-14(11-15)12-21(19,20)10-9-13-5-2-1-3-6-13;1-11-6-8-13(9-7-11)20(18,19)10-12-4-2-3-5-14(12)15(16)17;16-15(17)14-9-5-4-8-13(14)11-20(18,19)10-12-6-2-1-3-7-12;16-15(17)14-8-4-7-13(9-14)11-20(18,19)10-12-5-2-1-3-6-12;15-14(16)13-9-5-4-6-11(13)10-19(17,18)12-7-2-1-3-8-12;1-14(12,13)6-7-4-2-3-5-8(7)9(10)11;;;;;/h1-9H,10-12H2,(H,17,18);1-8,11H,9-10,12H2,(H,17,18);2-9H,10H2,1H3,(H,16,17);2*1-9H,10-11H2,(H,16,17);1-9H,10H2,(H,15,16);2-5H,6H2,1H3,(H,10,11);5*1H4. The minimum Gasteiger partial charge on any atom is -0.478 e. The smallest absolute Gasteiger partial charge is 0.335 e. The van der Waals surface area contributed by atoms with Crippen LogP contribution in [0.4, 0.5) is 0 Å². The quantitative estimate of drug-likeness (QED) is 0.0201. The van der Waals surface area contributed by atoms with Crippen molar-refractivity contribution in [3.8, 4) is 0 Å². The van der Waals surface area contributed by atoms with Gasteiger partial charge in [-0.15, -0.1) is 0 Å². The normalized spacial score (nSPS) is 10.8. The molecular weight excluding hydrogens is 1930 g/mol. The van der Waals surface area contributed by atoms with Crippen LogP contribution in [0.3, 0.4) is 0 Å². The minimum absolute atomic E-state index is 0. The molecule has 35 heteroatoms. The maximum absolute atomic E-state index is 12.3. The third-order valence-electron chi connectivity index (χ3n) is 19.2. The zero-order valence-electron chi connectivity index (χ0n) is 72.7. The molecule has 0 aliphatic rings. The van der Waals surface area contributed by atoms with Crippen LogP contribution in [0, 0.1) is 6.92 Å². The number of sulfone groups is 7. The Morgan fingerprint density at radius 2 is 0.436 bits per heavy atom. The number of rotatable bonds is 33. The van der Waals surface area contributed by atoms with Crippen molar-refractivity contribution in [1.29, 1.82) is 0 Å². The average molecular weight is 2050 g/mol. The number of hydrogen-bond acceptors (Lipinski definition) is 21. The Hall–Kier alpha value is -14.2. The van der Waals surface area contributed by atoms with Crippen molar-refractivity contribution in [3.63, 3.8) is 0 Å². The van der Waals surface area contributed by atoms with E-state index in [2.05, 4.69) is 0 Å². The van der Waals surface area contributed by atoms with Crippen molar-refractivity contribution >= 4 is 111 Å². The Labute approximate surface area is 820 Å². The summed E-state index contributed by atoms with van der Waals surface area (Å²) in [6, 6.07) is 93.8. The van der Waals surface area contributed by atoms with E-state index in [4.69, 9.17) is 35.7 Å². The summed E-state index contributed by atoms with van der Waals surface area (Å²) in [5, 5.41) is 62.8. The molecule has 0 atom stereocenters. The van der Waals surface area contributed by atoms with E-state index < -0.39 is 111 Å².